The van der Waals surface area contributed by atoms with Gasteiger partial charge in [-0.15, -0.1) is 0 Å². The van der Waals surface area contributed by atoms with Crippen LogP contribution in [0.25, 0.3) is 0 Å². The zero-order valence-corrected chi connectivity index (χ0v) is 11.8. The SMILES string of the molecule is NC1=NC2C(COC(=O)NO)[N+]([O-])=C(N)N3CCC(O)(O)C23N1. The summed E-state index contributed by atoms with van der Waals surface area (Å²) in [6, 6.07) is -2.25. The average Bonchev–Trinajstić information content (AvgIpc) is 2.97. The summed E-state index contributed by atoms with van der Waals surface area (Å²) in [5.74, 6) is -2.67. The maximum atomic E-state index is 12.4. The second-order valence-electron chi connectivity index (χ2n) is 5.53. The molecule has 0 saturated carbocycles. The van der Waals surface area contributed by atoms with E-state index in [1.807, 2.05) is 0 Å². The van der Waals surface area contributed by atoms with Crippen LogP contribution >= 0.6 is 0 Å². The molecule has 23 heavy (non-hydrogen) atoms. The van der Waals surface area contributed by atoms with E-state index in [-0.39, 0.29) is 24.9 Å². The molecule has 0 aromatic heterocycles. The molecule has 0 radical (unpaired) electrons. The molecule has 3 atom stereocenters. The monoisotopic (exact) mass is 331 g/mol. The van der Waals surface area contributed by atoms with Gasteiger partial charge in [0.15, 0.2) is 12.0 Å². The molecular formula is C10H17N7O6. The Bertz CT molecular complexity index is 607. The first kappa shape index (κ1) is 15.4. The number of carbonyl (C=O) groups excluding carboxylic acids is 1. The maximum Gasteiger partial charge on any atom is 0.431 e. The van der Waals surface area contributed by atoms with Crippen molar-refractivity contribution in [2.45, 2.75) is 30.0 Å². The summed E-state index contributed by atoms with van der Waals surface area (Å²) in [5.41, 5.74) is 11.1. The van der Waals surface area contributed by atoms with Gasteiger partial charge in [0.05, 0.1) is 6.54 Å². The molecule has 1 amide bonds. The van der Waals surface area contributed by atoms with E-state index in [9.17, 15) is 20.2 Å². The van der Waals surface area contributed by atoms with E-state index in [1.165, 1.54) is 10.4 Å². The number of hydrogen-bond acceptors (Lipinski definition) is 11. The highest BCUT2D eigenvalue weighted by Crippen LogP contribution is 2.44. The fourth-order valence-corrected chi connectivity index (χ4v) is 3.39. The van der Waals surface area contributed by atoms with Crippen molar-refractivity contribution in [3.8, 4) is 0 Å². The van der Waals surface area contributed by atoms with Crippen LogP contribution in [0.2, 0.25) is 0 Å². The lowest BCUT2D eigenvalue weighted by Gasteiger charge is -2.47. The van der Waals surface area contributed by atoms with Crippen LogP contribution in [0.15, 0.2) is 4.99 Å². The van der Waals surface area contributed by atoms with E-state index in [4.69, 9.17) is 16.7 Å². The first-order chi connectivity index (χ1) is 10.7. The summed E-state index contributed by atoms with van der Waals surface area (Å²) in [6.07, 6.45) is -1.28. The second-order valence-corrected chi connectivity index (χ2v) is 5.53. The minimum atomic E-state index is -2.27. The normalized spacial score (nSPS) is 34.4. The zero-order valence-electron chi connectivity index (χ0n) is 11.8. The molecule has 13 heteroatoms. The van der Waals surface area contributed by atoms with Gasteiger partial charge in [0, 0.05) is 6.42 Å². The van der Waals surface area contributed by atoms with Crippen molar-refractivity contribution in [2.75, 3.05) is 13.2 Å². The lowest BCUT2D eigenvalue weighted by molar-refractivity contribution is -0.529. The summed E-state index contributed by atoms with van der Waals surface area (Å²) in [6.45, 7) is -0.417. The number of hydrogen-bond donors (Lipinski definition) is 7. The molecule has 0 aromatic rings. The number of rotatable bonds is 2. The number of nitrogens with zero attached hydrogens (tertiary/aromatic N) is 3. The third kappa shape index (κ3) is 1.87. The van der Waals surface area contributed by atoms with Gasteiger partial charge in [0.2, 0.25) is 11.4 Å². The van der Waals surface area contributed by atoms with Crippen LogP contribution in [0.3, 0.4) is 0 Å². The Kier molecular flexibility index (Phi) is 3.17. The highest BCUT2D eigenvalue weighted by atomic mass is 16.6. The molecule has 0 bridgehead atoms. The van der Waals surface area contributed by atoms with Gasteiger partial charge in [0.25, 0.3) is 0 Å². The Morgan fingerprint density at radius 3 is 2.96 bits per heavy atom. The van der Waals surface area contributed by atoms with Gasteiger partial charge >= 0.3 is 12.1 Å². The van der Waals surface area contributed by atoms with Gasteiger partial charge in [-0.25, -0.2) is 20.2 Å². The minimum Gasteiger partial charge on any atom is -0.744 e. The van der Waals surface area contributed by atoms with Gasteiger partial charge in [0.1, 0.15) is 12.6 Å². The largest absolute Gasteiger partial charge is 0.744 e. The van der Waals surface area contributed by atoms with Gasteiger partial charge in [-0.3, -0.25) is 15.7 Å². The molecule has 0 aromatic carbocycles. The molecule has 13 nitrogen and oxygen atoms in total. The Labute approximate surface area is 129 Å². The smallest absolute Gasteiger partial charge is 0.431 e. The van der Waals surface area contributed by atoms with E-state index in [2.05, 4.69) is 15.0 Å². The number of aliphatic imine (C=N–C) groups is 1. The molecule has 3 rings (SSSR count). The standard InChI is InChI=1S/C10H17N7O6/c11-6-13-5-4(3-23-8(18)15-21)17(22)7(12)16-2-1-9(19,20)10(5,16)14-6/h4-5,19-21H,1-3,12H2,(H,15,18)(H3,11,13,14). The summed E-state index contributed by atoms with van der Waals surface area (Å²) in [4.78, 5) is 16.4. The predicted molar refractivity (Wildman–Crippen MR) is 72.6 cm³/mol. The molecule has 1 spiro atoms. The molecule has 3 aliphatic rings. The molecule has 3 heterocycles. The van der Waals surface area contributed by atoms with Crippen molar-refractivity contribution >= 4 is 18.0 Å². The Hall–Kier alpha value is -2.51. The molecule has 3 aliphatic heterocycles. The van der Waals surface area contributed by atoms with Gasteiger partial charge in [-0.2, -0.15) is 0 Å². The van der Waals surface area contributed by atoms with Crippen LogP contribution in [0.4, 0.5) is 4.79 Å². The van der Waals surface area contributed by atoms with Crippen molar-refractivity contribution in [1.29, 1.82) is 0 Å². The number of nitrogens with two attached hydrogens (primary N) is 2. The average molecular weight is 331 g/mol. The Balaban J connectivity index is 2.02. The molecule has 128 valence electrons. The maximum absolute atomic E-state index is 12.4. The van der Waals surface area contributed by atoms with Crippen LogP contribution in [0, 0.1) is 5.21 Å². The van der Waals surface area contributed by atoms with E-state index >= 15 is 0 Å². The van der Waals surface area contributed by atoms with E-state index in [0.29, 0.717) is 4.74 Å². The third-order valence-electron chi connectivity index (χ3n) is 4.39. The van der Waals surface area contributed by atoms with E-state index < -0.39 is 36.2 Å². The first-order valence-electron chi connectivity index (χ1n) is 6.74. The van der Waals surface area contributed by atoms with Gasteiger partial charge in [-0.05, 0) is 0 Å². The fraction of sp³-hybridized carbons (Fsp3) is 0.700. The predicted octanol–water partition coefficient (Wildman–Crippen LogP) is -4.32. The van der Waals surface area contributed by atoms with Crippen molar-refractivity contribution in [2.24, 2.45) is 16.5 Å². The number of guanidine groups is 2. The summed E-state index contributed by atoms with van der Waals surface area (Å²) < 4.78 is 5.05. The highest BCUT2D eigenvalue weighted by Gasteiger charge is 2.73. The van der Waals surface area contributed by atoms with Crippen molar-refractivity contribution in [3.63, 3.8) is 0 Å². The molecular weight excluding hydrogens is 314 g/mol. The zero-order chi connectivity index (χ0) is 17.0. The van der Waals surface area contributed by atoms with E-state index in [1.54, 1.807) is 0 Å². The van der Waals surface area contributed by atoms with Gasteiger partial charge in [-0.1, -0.05) is 0 Å². The van der Waals surface area contributed by atoms with Crippen LogP contribution in [-0.2, 0) is 4.74 Å². The summed E-state index contributed by atoms with van der Waals surface area (Å²) >= 11 is 0. The number of ether oxygens (including phenoxy) is 1. The topological polar surface area (TPSA) is 205 Å². The molecule has 1 saturated heterocycles. The second kappa shape index (κ2) is 4.74. The summed E-state index contributed by atoms with van der Waals surface area (Å²) in [5, 5.41) is 44.3. The quantitative estimate of drug-likeness (QED) is 0.0851. The fourth-order valence-electron chi connectivity index (χ4n) is 3.39. The van der Waals surface area contributed by atoms with Crippen LogP contribution in [0.5, 0.6) is 0 Å². The molecule has 9 N–H and O–H groups in total. The number of aliphatic hydroxyl groups is 2. The van der Waals surface area contributed by atoms with Crippen molar-refractivity contribution < 1.29 is 29.7 Å². The highest BCUT2D eigenvalue weighted by molar-refractivity contribution is 5.85. The van der Waals surface area contributed by atoms with Crippen molar-refractivity contribution in [3.05, 3.63) is 5.21 Å². The van der Waals surface area contributed by atoms with Gasteiger partial charge < -0.3 is 31.2 Å². The van der Waals surface area contributed by atoms with Crippen molar-refractivity contribution in [1.82, 2.24) is 15.7 Å². The molecule has 1 fully saturated rings. The molecule has 0 aliphatic carbocycles. The Morgan fingerprint density at radius 2 is 2.30 bits per heavy atom. The number of hydroxylamine groups is 2. The minimum absolute atomic E-state index is 0.0918. The van der Waals surface area contributed by atoms with Crippen LogP contribution in [0.1, 0.15) is 6.42 Å². The molecule has 3 unspecified atom stereocenters. The first-order valence-corrected chi connectivity index (χ1v) is 6.74. The van der Waals surface area contributed by atoms with Crippen LogP contribution in [-0.4, -0.2) is 79.8 Å². The third-order valence-corrected chi connectivity index (χ3v) is 4.39. The van der Waals surface area contributed by atoms with E-state index in [0.717, 1.165) is 0 Å². The number of nitrogens with one attached hydrogen (secondary N) is 2. The van der Waals surface area contributed by atoms with Crippen LogP contribution < -0.4 is 22.3 Å². The number of carbonyl (C=O) groups is 1. The lowest BCUT2D eigenvalue weighted by atomic mass is 9.86. The number of amides is 1. The lowest BCUT2D eigenvalue weighted by Crippen LogP contribution is -2.79. The Morgan fingerprint density at radius 1 is 1.61 bits per heavy atom. The summed E-state index contributed by atoms with van der Waals surface area (Å²) in [7, 11) is 0.